The number of halogens is 1. The molecule has 0 bridgehead atoms. The van der Waals surface area contributed by atoms with Crippen molar-refractivity contribution in [2.24, 2.45) is 0 Å². The van der Waals surface area contributed by atoms with Crippen LogP contribution >= 0.6 is 11.6 Å². The molecule has 0 aromatic rings. The Morgan fingerprint density at radius 2 is 2.43 bits per heavy atom. The molecule has 0 amide bonds. The zero-order valence-corrected chi connectivity index (χ0v) is 5.33. The van der Waals surface area contributed by atoms with Crippen LogP contribution in [0.2, 0.25) is 0 Å². The molecular weight excluding hydrogens is 114 g/mol. The van der Waals surface area contributed by atoms with Crippen LogP contribution < -0.4 is 5.32 Å². The van der Waals surface area contributed by atoms with Gasteiger partial charge in [0.25, 0.3) is 0 Å². The molecule has 0 saturated heterocycles. The first-order valence-electron chi connectivity index (χ1n) is 2.13. The van der Waals surface area contributed by atoms with Crippen LogP contribution in [0, 0.1) is 0 Å². The third-order valence-electron chi connectivity index (χ3n) is 0.718. The number of hydrogen-bond donors (Lipinski definition) is 1. The summed E-state index contributed by atoms with van der Waals surface area (Å²) in [5.41, 5.74) is 0. The van der Waals surface area contributed by atoms with Gasteiger partial charge in [-0.05, 0) is 6.92 Å². The molecule has 0 heterocycles. The van der Waals surface area contributed by atoms with E-state index >= 15 is 0 Å². The standard InChI is InChI=1S/C4H10ClNO/c1-4(7-2)6-3-5/h4,6H,3H2,1-2H3. The van der Waals surface area contributed by atoms with Gasteiger partial charge in [-0.3, -0.25) is 5.32 Å². The van der Waals surface area contributed by atoms with Crippen LogP contribution in [0.25, 0.3) is 0 Å². The van der Waals surface area contributed by atoms with E-state index in [0.29, 0.717) is 6.00 Å². The van der Waals surface area contributed by atoms with Gasteiger partial charge < -0.3 is 4.74 Å². The predicted octanol–water partition coefficient (Wildman–Crippen LogP) is 0.765. The number of ether oxygens (including phenoxy) is 1. The second kappa shape index (κ2) is 4.37. The van der Waals surface area contributed by atoms with Gasteiger partial charge >= 0.3 is 0 Å². The third kappa shape index (κ3) is 4.05. The van der Waals surface area contributed by atoms with Crippen molar-refractivity contribution in [1.29, 1.82) is 0 Å². The minimum absolute atomic E-state index is 0.0671. The van der Waals surface area contributed by atoms with E-state index in [4.69, 9.17) is 16.3 Å². The summed E-state index contributed by atoms with van der Waals surface area (Å²) in [6, 6.07) is 0.439. The molecule has 0 rings (SSSR count). The van der Waals surface area contributed by atoms with Gasteiger partial charge in [0.2, 0.25) is 0 Å². The van der Waals surface area contributed by atoms with Gasteiger partial charge in [0, 0.05) is 7.11 Å². The van der Waals surface area contributed by atoms with Crippen LogP contribution in [-0.4, -0.2) is 19.3 Å². The Kier molecular flexibility index (Phi) is 4.50. The van der Waals surface area contributed by atoms with Crippen LogP contribution in [0.3, 0.4) is 0 Å². The lowest BCUT2D eigenvalue weighted by molar-refractivity contribution is 0.0946. The monoisotopic (exact) mass is 123 g/mol. The third-order valence-corrected chi connectivity index (χ3v) is 0.872. The highest BCUT2D eigenvalue weighted by Crippen LogP contribution is 1.79. The van der Waals surface area contributed by atoms with Crippen molar-refractivity contribution in [3.8, 4) is 0 Å². The minimum Gasteiger partial charge on any atom is -0.367 e. The summed E-state index contributed by atoms with van der Waals surface area (Å²) >= 11 is 5.28. The number of rotatable bonds is 3. The molecule has 0 spiro atoms. The van der Waals surface area contributed by atoms with Crippen LogP contribution in [-0.2, 0) is 4.74 Å². The van der Waals surface area contributed by atoms with E-state index in [-0.39, 0.29) is 6.23 Å². The first-order valence-corrected chi connectivity index (χ1v) is 2.67. The first-order chi connectivity index (χ1) is 3.31. The van der Waals surface area contributed by atoms with Crippen LogP contribution in [0.4, 0.5) is 0 Å². The number of alkyl halides is 1. The largest absolute Gasteiger partial charge is 0.367 e. The Bertz CT molecular complexity index is 42.7. The molecule has 0 radical (unpaired) electrons. The Balaban J connectivity index is 2.83. The molecule has 1 unspecified atom stereocenters. The van der Waals surface area contributed by atoms with Crippen molar-refractivity contribution >= 4 is 11.6 Å². The Morgan fingerprint density at radius 1 is 1.86 bits per heavy atom. The molecule has 7 heavy (non-hydrogen) atoms. The van der Waals surface area contributed by atoms with E-state index in [9.17, 15) is 0 Å². The van der Waals surface area contributed by atoms with Crippen molar-refractivity contribution in [2.45, 2.75) is 13.2 Å². The summed E-state index contributed by atoms with van der Waals surface area (Å²) in [5, 5.41) is 2.84. The van der Waals surface area contributed by atoms with Gasteiger partial charge in [0.05, 0.1) is 6.00 Å². The highest BCUT2D eigenvalue weighted by atomic mass is 35.5. The van der Waals surface area contributed by atoms with Crippen molar-refractivity contribution in [3.63, 3.8) is 0 Å². The van der Waals surface area contributed by atoms with Gasteiger partial charge in [-0.25, -0.2) is 0 Å². The van der Waals surface area contributed by atoms with E-state index in [1.807, 2.05) is 6.92 Å². The zero-order chi connectivity index (χ0) is 5.70. The first kappa shape index (κ1) is 7.21. The fourth-order valence-corrected chi connectivity index (χ4v) is 0.409. The van der Waals surface area contributed by atoms with Crippen molar-refractivity contribution in [3.05, 3.63) is 0 Å². The molecule has 0 saturated carbocycles. The van der Waals surface area contributed by atoms with Gasteiger partial charge in [-0.1, -0.05) is 0 Å². The summed E-state index contributed by atoms with van der Waals surface area (Å²) in [5.74, 6) is 0. The van der Waals surface area contributed by atoms with Crippen LogP contribution in [0.1, 0.15) is 6.92 Å². The minimum atomic E-state index is 0.0671. The molecule has 0 aliphatic carbocycles. The average molecular weight is 124 g/mol. The molecule has 0 aliphatic heterocycles. The normalized spacial score (nSPS) is 14.1. The van der Waals surface area contributed by atoms with E-state index in [2.05, 4.69) is 5.32 Å². The molecule has 0 aliphatic rings. The van der Waals surface area contributed by atoms with E-state index in [1.165, 1.54) is 0 Å². The van der Waals surface area contributed by atoms with Crippen LogP contribution in [0.15, 0.2) is 0 Å². The molecule has 1 N–H and O–H groups in total. The maximum absolute atomic E-state index is 5.28. The summed E-state index contributed by atoms with van der Waals surface area (Å²) in [4.78, 5) is 0. The van der Waals surface area contributed by atoms with Crippen molar-refractivity contribution in [1.82, 2.24) is 5.32 Å². The molecule has 3 heteroatoms. The van der Waals surface area contributed by atoms with Gasteiger partial charge in [0.15, 0.2) is 0 Å². The lowest BCUT2D eigenvalue weighted by atomic mass is 10.7. The van der Waals surface area contributed by atoms with Crippen molar-refractivity contribution in [2.75, 3.05) is 13.1 Å². The second-order valence-corrected chi connectivity index (χ2v) is 1.48. The summed E-state index contributed by atoms with van der Waals surface area (Å²) in [6.07, 6.45) is 0.0671. The summed E-state index contributed by atoms with van der Waals surface area (Å²) in [7, 11) is 1.63. The average Bonchev–Trinajstić information content (AvgIpc) is 1.68. The molecule has 0 aromatic carbocycles. The Morgan fingerprint density at radius 3 is 2.57 bits per heavy atom. The van der Waals surface area contributed by atoms with Gasteiger partial charge in [-0.15, -0.1) is 11.6 Å². The molecule has 2 nitrogen and oxygen atoms in total. The molecule has 0 aromatic heterocycles. The topological polar surface area (TPSA) is 21.3 Å². The zero-order valence-electron chi connectivity index (χ0n) is 4.57. The lowest BCUT2D eigenvalue weighted by Gasteiger charge is -2.06. The Hall–Kier alpha value is 0.210. The highest BCUT2D eigenvalue weighted by molar-refractivity contribution is 6.17. The van der Waals surface area contributed by atoms with Gasteiger partial charge in [0.1, 0.15) is 6.23 Å². The maximum atomic E-state index is 5.28. The van der Waals surface area contributed by atoms with Crippen molar-refractivity contribution < 1.29 is 4.74 Å². The molecule has 44 valence electrons. The smallest absolute Gasteiger partial charge is 0.105 e. The molecule has 0 fully saturated rings. The fraction of sp³-hybridized carbons (Fsp3) is 1.00. The number of nitrogens with one attached hydrogen (secondary N) is 1. The number of methoxy groups -OCH3 is 1. The molecule has 1 atom stereocenters. The van der Waals surface area contributed by atoms with Crippen LogP contribution in [0.5, 0.6) is 0 Å². The summed E-state index contributed by atoms with van der Waals surface area (Å²) < 4.78 is 4.80. The predicted molar refractivity (Wildman–Crippen MR) is 30.3 cm³/mol. The number of hydrogen-bond acceptors (Lipinski definition) is 2. The lowest BCUT2D eigenvalue weighted by Crippen LogP contribution is -2.25. The summed E-state index contributed by atoms with van der Waals surface area (Å²) in [6.45, 7) is 1.89. The van der Waals surface area contributed by atoms with E-state index in [0.717, 1.165) is 0 Å². The molecular formula is C4H10ClNO. The Labute approximate surface area is 48.8 Å². The fourth-order valence-electron chi connectivity index (χ4n) is 0.192. The quantitative estimate of drug-likeness (QED) is 0.340. The van der Waals surface area contributed by atoms with E-state index < -0.39 is 0 Å². The maximum Gasteiger partial charge on any atom is 0.105 e. The van der Waals surface area contributed by atoms with Gasteiger partial charge in [-0.2, -0.15) is 0 Å². The van der Waals surface area contributed by atoms with E-state index in [1.54, 1.807) is 7.11 Å². The second-order valence-electron chi connectivity index (χ2n) is 1.22. The highest BCUT2D eigenvalue weighted by Gasteiger charge is 1.90. The SMILES string of the molecule is COC(C)NCCl.